The summed E-state index contributed by atoms with van der Waals surface area (Å²) in [6, 6.07) is 18.5. The lowest BCUT2D eigenvalue weighted by molar-refractivity contribution is -0.384. The molecule has 5 heterocycles. The Morgan fingerprint density at radius 3 is 2.49 bits per heavy atom. The van der Waals surface area contributed by atoms with Gasteiger partial charge < -0.3 is 24.7 Å². The van der Waals surface area contributed by atoms with Crippen LogP contribution in [0.25, 0.3) is 11.0 Å². The van der Waals surface area contributed by atoms with Gasteiger partial charge in [0.25, 0.3) is 21.6 Å². The SMILES string of the molecule is Cc1nc2[nH]cc(F)c2cc1Oc1cc(N2CCC3(CC2)CC(N2CCC[C@@H]2c2ccccc2C(C)C)C3)ccc1C(=O)NS(=O)(=O)c1cc2c(c([N+](=O)[O-])c1)N[C@@H](C1CCC(C)(C)CC1)CO2. The molecule has 68 heavy (non-hydrogen) atoms. The van der Waals surface area contributed by atoms with Crippen LogP contribution in [-0.2, 0) is 10.0 Å². The largest absolute Gasteiger partial charge is 0.489 e. The molecule has 14 nitrogen and oxygen atoms in total. The molecule has 3 N–H and O–H groups in total. The van der Waals surface area contributed by atoms with Crippen LogP contribution in [0.15, 0.2) is 71.8 Å². The minimum absolute atomic E-state index is 0.0246. The number of hydrogen-bond donors (Lipinski definition) is 3. The first-order valence-corrected chi connectivity index (χ1v) is 25.8. The van der Waals surface area contributed by atoms with Gasteiger partial charge in [-0.1, -0.05) is 52.0 Å². The van der Waals surface area contributed by atoms with Gasteiger partial charge in [-0.3, -0.25) is 19.8 Å². The van der Waals surface area contributed by atoms with Gasteiger partial charge in [0.05, 0.1) is 32.5 Å². The van der Waals surface area contributed by atoms with Crippen molar-refractivity contribution in [3.8, 4) is 17.2 Å². The zero-order valence-corrected chi connectivity index (χ0v) is 40.4. The average molecular weight is 948 g/mol. The highest BCUT2D eigenvalue weighted by molar-refractivity contribution is 7.90. The number of benzene rings is 3. The van der Waals surface area contributed by atoms with Crippen molar-refractivity contribution < 1.29 is 32.0 Å². The van der Waals surface area contributed by atoms with Crippen LogP contribution < -0.4 is 24.4 Å². The van der Waals surface area contributed by atoms with Crippen molar-refractivity contribution >= 4 is 44.0 Å². The number of H-pyrrole nitrogens is 1. The van der Waals surface area contributed by atoms with Crippen LogP contribution in [0.5, 0.6) is 17.2 Å². The first-order valence-electron chi connectivity index (χ1n) is 24.3. The molecule has 3 aromatic carbocycles. The average Bonchev–Trinajstić information content (AvgIpc) is 3.93. The molecule has 16 heteroatoms. The number of carbonyl (C=O) groups excluding carboxylic acids is 1. The smallest absolute Gasteiger partial charge is 0.297 e. The van der Waals surface area contributed by atoms with Gasteiger partial charge in [0, 0.05) is 55.3 Å². The first-order chi connectivity index (χ1) is 32.5. The Morgan fingerprint density at radius 1 is 1.00 bits per heavy atom. The Morgan fingerprint density at radius 2 is 1.75 bits per heavy atom. The molecular formula is C52H62FN7O7S. The molecule has 2 saturated carbocycles. The zero-order chi connectivity index (χ0) is 47.7. The number of aromatic amines is 1. The number of carbonyl (C=O) groups is 1. The standard InChI is InChI=1S/C52H62FN7O7S/c1-31(2)37-9-6-7-10-38(37)43-11-8-20-59(43)35-27-52(28-35)18-21-58(22-19-52)34-12-13-39(46(23-34)67-45-26-40-41(53)29-54-49(40)55-32(45)3)50(61)57-68(64,65)36-24-44(60(62)63)48-47(25-36)66-30-42(56-48)33-14-16-51(4,5)17-15-33/h6-7,9-10,12-13,23-26,29,31,33,35,42-43,56H,8,11,14-22,27-28,30H2,1-5H3,(H,54,55)(H,57,61)/t42-,43-/m1/s1. The summed E-state index contributed by atoms with van der Waals surface area (Å²) in [5.41, 5.74) is 4.52. The minimum Gasteiger partial charge on any atom is -0.489 e. The van der Waals surface area contributed by atoms with E-state index >= 15 is 0 Å². The molecule has 10 rings (SSSR count). The Labute approximate surface area is 397 Å². The molecule has 5 aliphatic rings. The fraction of sp³-hybridized carbons (Fsp3) is 0.500. The van der Waals surface area contributed by atoms with Gasteiger partial charge in [-0.15, -0.1) is 0 Å². The molecule has 2 atom stereocenters. The number of nitrogens with one attached hydrogen (secondary N) is 3. The highest BCUT2D eigenvalue weighted by atomic mass is 32.2. The fourth-order valence-electron chi connectivity index (χ4n) is 11.9. The zero-order valence-electron chi connectivity index (χ0n) is 39.6. The maximum absolute atomic E-state index is 14.8. The number of aromatic nitrogens is 2. The van der Waals surface area contributed by atoms with Gasteiger partial charge in [0.2, 0.25) is 0 Å². The quantitative estimate of drug-likeness (QED) is 0.0850. The third-order valence-corrected chi connectivity index (χ3v) is 17.3. The molecule has 4 fully saturated rings. The third-order valence-electron chi connectivity index (χ3n) is 15.9. The fourth-order valence-corrected chi connectivity index (χ4v) is 12.9. The molecule has 0 bridgehead atoms. The van der Waals surface area contributed by atoms with Crippen molar-refractivity contribution in [3.63, 3.8) is 0 Å². The Balaban J connectivity index is 0.874. The van der Waals surface area contributed by atoms with Crippen LogP contribution in [0, 0.1) is 39.6 Å². The van der Waals surface area contributed by atoms with Gasteiger partial charge in [-0.2, -0.15) is 0 Å². The molecule has 2 aromatic heterocycles. The summed E-state index contributed by atoms with van der Waals surface area (Å²) in [7, 11) is -4.69. The summed E-state index contributed by atoms with van der Waals surface area (Å²) in [4.78, 5) is 37.8. The normalized spacial score (nSPS) is 21.8. The van der Waals surface area contributed by atoms with Gasteiger partial charge in [0.1, 0.15) is 29.6 Å². The van der Waals surface area contributed by atoms with Gasteiger partial charge in [-0.05, 0) is 130 Å². The molecule has 3 aliphatic heterocycles. The van der Waals surface area contributed by atoms with Crippen LogP contribution in [0.1, 0.15) is 131 Å². The number of amides is 1. The number of aryl methyl sites for hydroxylation is 1. The van der Waals surface area contributed by atoms with Crippen molar-refractivity contribution in [1.29, 1.82) is 0 Å². The molecule has 1 amide bonds. The highest BCUT2D eigenvalue weighted by Crippen LogP contribution is 2.54. The summed E-state index contributed by atoms with van der Waals surface area (Å²) in [5, 5.41) is 15.9. The van der Waals surface area contributed by atoms with Gasteiger partial charge in [-0.25, -0.2) is 22.5 Å². The molecular weight excluding hydrogens is 886 g/mol. The molecule has 2 saturated heterocycles. The van der Waals surface area contributed by atoms with E-state index in [0.29, 0.717) is 29.3 Å². The number of halogens is 1. The number of piperidine rings is 1. The number of likely N-dealkylation sites (tertiary alicyclic amines) is 1. The van der Waals surface area contributed by atoms with E-state index in [-0.39, 0.29) is 63.3 Å². The lowest BCUT2D eigenvalue weighted by Gasteiger charge is -2.56. The van der Waals surface area contributed by atoms with Crippen molar-refractivity contribution in [3.05, 3.63) is 105 Å². The second kappa shape index (κ2) is 17.7. The predicted octanol–water partition coefficient (Wildman–Crippen LogP) is 10.9. The van der Waals surface area contributed by atoms with Gasteiger partial charge >= 0.3 is 0 Å². The summed E-state index contributed by atoms with van der Waals surface area (Å²) >= 11 is 0. The second-order valence-electron chi connectivity index (χ2n) is 21.2. The number of anilines is 2. The van der Waals surface area contributed by atoms with E-state index in [1.165, 1.54) is 61.2 Å². The van der Waals surface area contributed by atoms with E-state index in [1.54, 1.807) is 19.1 Å². The summed E-state index contributed by atoms with van der Waals surface area (Å²) < 4.78 is 57.5. The maximum atomic E-state index is 14.8. The van der Waals surface area contributed by atoms with E-state index in [2.05, 4.69) is 81.8 Å². The topological polar surface area (TPSA) is 172 Å². The number of nitro benzene ring substituents is 1. The molecule has 0 unspecified atom stereocenters. The van der Waals surface area contributed by atoms with Gasteiger partial charge in [0.15, 0.2) is 11.4 Å². The minimum atomic E-state index is -4.69. The molecule has 5 aromatic rings. The predicted molar refractivity (Wildman–Crippen MR) is 260 cm³/mol. The number of hydrogen-bond acceptors (Lipinski definition) is 11. The Kier molecular flexibility index (Phi) is 11.9. The lowest BCUT2D eigenvalue weighted by atomic mass is 9.59. The highest BCUT2D eigenvalue weighted by Gasteiger charge is 2.50. The van der Waals surface area contributed by atoms with E-state index in [0.717, 1.165) is 69.9 Å². The van der Waals surface area contributed by atoms with Crippen molar-refractivity contribution in [2.75, 3.05) is 36.5 Å². The van der Waals surface area contributed by atoms with Crippen LogP contribution in [0.2, 0.25) is 0 Å². The monoisotopic (exact) mass is 947 g/mol. The number of rotatable bonds is 11. The summed E-state index contributed by atoms with van der Waals surface area (Å²) in [6.45, 7) is 13.7. The Bertz CT molecular complexity index is 2880. The van der Waals surface area contributed by atoms with E-state index in [1.807, 2.05) is 0 Å². The molecule has 360 valence electrons. The van der Waals surface area contributed by atoms with Crippen LogP contribution >= 0.6 is 0 Å². The summed E-state index contributed by atoms with van der Waals surface area (Å²) in [5.74, 6) is -0.558. The lowest BCUT2D eigenvalue weighted by Crippen LogP contribution is -2.54. The first kappa shape index (κ1) is 46.0. The van der Waals surface area contributed by atoms with Crippen molar-refractivity contribution in [2.24, 2.45) is 16.7 Å². The van der Waals surface area contributed by atoms with E-state index in [9.17, 15) is 27.7 Å². The molecule has 2 aliphatic carbocycles. The van der Waals surface area contributed by atoms with Crippen LogP contribution in [-0.4, -0.2) is 72.4 Å². The number of fused-ring (bicyclic) bond motifs is 2. The Hall–Kier alpha value is -5.74. The number of ether oxygens (including phenoxy) is 2. The summed E-state index contributed by atoms with van der Waals surface area (Å²) in [6.07, 6.45) is 11.9. The maximum Gasteiger partial charge on any atom is 0.297 e. The van der Waals surface area contributed by atoms with Crippen LogP contribution in [0.3, 0.4) is 0 Å². The molecule has 1 spiro atoms. The second-order valence-corrected chi connectivity index (χ2v) is 22.9. The van der Waals surface area contributed by atoms with Crippen molar-refractivity contribution in [1.82, 2.24) is 19.6 Å². The number of pyridine rings is 1. The van der Waals surface area contributed by atoms with E-state index < -0.39 is 37.3 Å². The van der Waals surface area contributed by atoms with Crippen molar-refractivity contribution in [2.45, 2.75) is 128 Å². The number of nitrogens with zero attached hydrogens (tertiary/aromatic N) is 4. The molecule has 0 radical (unpaired) electrons. The third kappa shape index (κ3) is 8.78. The van der Waals surface area contributed by atoms with E-state index in [4.69, 9.17) is 9.47 Å². The number of nitro groups is 1. The van der Waals surface area contributed by atoms with Crippen LogP contribution in [0.4, 0.5) is 21.5 Å². The number of sulfonamides is 1.